The molecule has 4 atom stereocenters. The van der Waals surface area contributed by atoms with Gasteiger partial charge >= 0.3 is 0 Å². The van der Waals surface area contributed by atoms with Crippen LogP contribution in [0.25, 0.3) is 0 Å². The summed E-state index contributed by atoms with van der Waals surface area (Å²) in [7, 11) is -2.23. The number of rotatable bonds is 9. The van der Waals surface area contributed by atoms with E-state index in [-0.39, 0.29) is 60.4 Å². The maximum absolute atomic E-state index is 14.3. The van der Waals surface area contributed by atoms with Crippen molar-refractivity contribution in [2.24, 2.45) is 5.92 Å². The predicted octanol–water partition coefficient (Wildman–Crippen LogP) is 4.98. The molecule has 254 valence electrons. The van der Waals surface area contributed by atoms with Gasteiger partial charge in [0.05, 0.1) is 41.7 Å². The number of likely N-dealkylation sites (N-methyl/N-ethyl adjacent to an activating group) is 1. The molecule has 0 unspecified atom stereocenters. The molecule has 0 radical (unpaired) electrons. The second kappa shape index (κ2) is 16.9. The number of amides is 2. The minimum atomic E-state index is -3.77. The van der Waals surface area contributed by atoms with E-state index in [1.807, 2.05) is 44.2 Å². The first-order valence-electron chi connectivity index (χ1n) is 16.2. The topological polar surface area (TPSA) is 125 Å². The molecule has 0 saturated heterocycles. The summed E-state index contributed by atoms with van der Waals surface area (Å²) in [6.07, 6.45) is 1.72. The van der Waals surface area contributed by atoms with Crippen LogP contribution in [0.2, 0.25) is 0 Å². The Labute approximate surface area is 278 Å². The van der Waals surface area contributed by atoms with Crippen LogP contribution in [0, 0.1) is 5.92 Å². The van der Waals surface area contributed by atoms with Crippen LogP contribution in [0.5, 0.6) is 5.75 Å². The third kappa shape index (κ3) is 9.87. The number of benzene rings is 3. The molecule has 3 aromatic rings. The molecule has 4 rings (SSSR count). The molecule has 0 fully saturated rings. The molecule has 10 nitrogen and oxygen atoms in total. The Morgan fingerprint density at radius 3 is 2.40 bits per heavy atom. The highest BCUT2D eigenvalue weighted by atomic mass is 32.2. The quantitative estimate of drug-likeness (QED) is 0.330. The maximum atomic E-state index is 14.3. The molecule has 0 spiro atoms. The highest BCUT2D eigenvalue weighted by Crippen LogP contribution is 2.29. The predicted molar refractivity (Wildman–Crippen MR) is 182 cm³/mol. The van der Waals surface area contributed by atoms with Gasteiger partial charge in [-0.05, 0) is 69.0 Å². The summed E-state index contributed by atoms with van der Waals surface area (Å²) in [4.78, 5) is 29.0. The fourth-order valence-corrected chi connectivity index (χ4v) is 6.78. The second-order valence-corrected chi connectivity index (χ2v) is 14.4. The van der Waals surface area contributed by atoms with E-state index in [2.05, 4.69) is 5.32 Å². The number of aliphatic hydroxyl groups excluding tert-OH is 1. The van der Waals surface area contributed by atoms with Crippen molar-refractivity contribution in [3.05, 3.63) is 90.0 Å². The smallest absolute Gasteiger partial charge is 0.258 e. The standard InChI is InChI=1S/C36H47N3O7S/c1-26-23-39(27(2)25-40)36(42)32-22-30(37-35(41)21-29-14-7-5-8-15-29)18-19-33(32)46-28(3)13-11-12-20-45-34(26)24-38(4)47(43,44)31-16-9-6-10-17-31/h5-10,14-19,22,26-28,34,40H,11-13,20-21,23-25H2,1-4H3,(H,37,41)/t26-,27+,28+,34+/m1/s1. The van der Waals surface area contributed by atoms with Gasteiger partial charge in [-0.15, -0.1) is 0 Å². The summed E-state index contributed by atoms with van der Waals surface area (Å²) in [5.41, 5.74) is 1.58. The Morgan fingerprint density at radius 1 is 1.04 bits per heavy atom. The lowest BCUT2D eigenvalue weighted by Crippen LogP contribution is -2.48. The Morgan fingerprint density at radius 2 is 1.72 bits per heavy atom. The van der Waals surface area contributed by atoms with Crippen molar-refractivity contribution < 1.29 is 32.6 Å². The summed E-state index contributed by atoms with van der Waals surface area (Å²) in [5.74, 6) is -0.505. The number of ether oxygens (including phenoxy) is 2. The summed E-state index contributed by atoms with van der Waals surface area (Å²) in [6.45, 7) is 6.03. The molecule has 2 N–H and O–H groups in total. The van der Waals surface area contributed by atoms with E-state index in [0.29, 0.717) is 24.5 Å². The zero-order valence-corrected chi connectivity index (χ0v) is 28.5. The molecule has 3 aromatic carbocycles. The number of nitrogens with one attached hydrogen (secondary N) is 1. The third-order valence-electron chi connectivity index (χ3n) is 8.43. The number of hydrogen-bond donors (Lipinski definition) is 2. The van der Waals surface area contributed by atoms with Gasteiger partial charge in [0.25, 0.3) is 5.91 Å². The van der Waals surface area contributed by atoms with E-state index >= 15 is 0 Å². The van der Waals surface area contributed by atoms with Crippen LogP contribution in [-0.4, -0.2) is 86.1 Å². The zero-order valence-electron chi connectivity index (χ0n) is 27.7. The number of fused-ring (bicyclic) bond motifs is 1. The maximum Gasteiger partial charge on any atom is 0.258 e. The van der Waals surface area contributed by atoms with E-state index in [1.165, 1.54) is 11.4 Å². The van der Waals surface area contributed by atoms with E-state index in [0.717, 1.165) is 18.4 Å². The van der Waals surface area contributed by atoms with Gasteiger partial charge < -0.3 is 24.8 Å². The summed E-state index contributed by atoms with van der Waals surface area (Å²) in [5, 5.41) is 13.1. The van der Waals surface area contributed by atoms with E-state index in [9.17, 15) is 23.1 Å². The van der Waals surface area contributed by atoms with Crippen LogP contribution in [0.4, 0.5) is 5.69 Å². The normalized spacial score (nSPS) is 20.5. The Kier molecular flexibility index (Phi) is 12.9. The first kappa shape index (κ1) is 36.1. The van der Waals surface area contributed by atoms with Crippen molar-refractivity contribution >= 4 is 27.5 Å². The molecule has 0 aliphatic carbocycles. The third-order valence-corrected chi connectivity index (χ3v) is 10.3. The van der Waals surface area contributed by atoms with Crippen LogP contribution >= 0.6 is 0 Å². The lowest BCUT2D eigenvalue weighted by molar-refractivity contribution is -0.115. The van der Waals surface area contributed by atoms with E-state index in [4.69, 9.17) is 9.47 Å². The van der Waals surface area contributed by atoms with Crippen molar-refractivity contribution in [1.29, 1.82) is 0 Å². The molecule has 0 bridgehead atoms. The van der Waals surface area contributed by atoms with Crippen LogP contribution in [0.15, 0.2) is 83.8 Å². The number of sulfonamides is 1. The van der Waals surface area contributed by atoms with Crippen LogP contribution in [0.1, 0.15) is 56.0 Å². The minimum Gasteiger partial charge on any atom is -0.490 e. The number of aliphatic hydroxyl groups is 1. The average Bonchev–Trinajstić information content (AvgIpc) is 3.06. The van der Waals surface area contributed by atoms with Crippen molar-refractivity contribution in [3.8, 4) is 5.75 Å². The molecule has 0 saturated carbocycles. The van der Waals surface area contributed by atoms with Crippen LogP contribution in [-0.2, 0) is 26.0 Å². The summed E-state index contributed by atoms with van der Waals surface area (Å²) in [6, 6.07) is 22.1. The first-order valence-corrected chi connectivity index (χ1v) is 17.6. The highest BCUT2D eigenvalue weighted by Gasteiger charge is 2.32. The lowest BCUT2D eigenvalue weighted by atomic mass is 10.0. The van der Waals surface area contributed by atoms with Crippen LogP contribution in [0.3, 0.4) is 0 Å². The lowest BCUT2D eigenvalue weighted by Gasteiger charge is -2.35. The largest absolute Gasteiger partial charge is 0.490 e. The first-order chi connectivity index (χ1) is 22.5. The SMILES string of the molecule is C[C@@H]1CN([C@@H](C)CO)C(=O)c2cc(NC(=O)Cc3ccccc3)ccc2O[C@@H](C)CCCCO[C@H]1CN(C)S(=O)(=O)c1ccccc1. The molecular weight excluding hydrogens is 618 g/mol. The summed E-state index contributed by atoms with van der Waals surface area (Å²) >= 11 is 0. The van der Waals surface area contributed by atoms with Crippen molar-refractivity contribution in [1.82, 2.24) is 9.21 Å². The molecule has 1 heterocycles. The Bertz CT molecular complexity index is 1570. The Hall–Kier alpha value is -3.77. The molecular formula is C36H47N3O7S. The summed E-state index contributed by atoms with van der Waals surface area (Å²) < 4.78 is 40.6. The van der Waals surface area contributed by atoms with Crippen LogP contribution < -0.4 is 10.1 Å². The van der Waals surface area contributed by atoms with Gasteiger partial charge in [-0.2, -0.15) is 4.31 Å². The van der Waals surface area contributed by atoms with E-state index in [1.54, 1.807) is 60.4 Å². The van der Waals surface area contributed by atoms with Gasteiger partial charge in [0.15, 0.2) is 0 Å². The number of carbonyl (C=O) groups excluding carboxylic acids is 2. The van der Waals surface area contributed by atoms with Gasteiger partial charge in [0.1, 0.15) is 5.75 Å². The van der Waals surface area contributed by atoms with Gasteiger partial charge in [-0.25, -0.2) is 8.42 Å². The number of anilines is 1. The molecule has 2 amide bonds. The van der Waals surface area contributed by atoms with Gasteiger partial charge in [-0.1, -0.05) is 55.5 Å². The highest BCUT2D eigenvalue weighted by molar-refractivity contribution is 7.89. The fraction of sp³-hybridized carbons (Fsp3) is 0.444. The molecule has 47 heavy (non-hydrogen) atoms. The van der Waals surface area contributed by atoms with Crippen molar-refractivity contribution in [2.75, 3.05) is 38.7 Å². The fourth-order valence-electron chi connectivity index (χ4n) is 5.57. The average molecular weight is 666 g/mol. The van der Waals surface area contributed by atoms with Gasteiger partial charge in [-0.3, -0.25) is 9.59 Å². The Balaban J connectivity index is 1.63. The molecule has 11 heteroatoms. The van der Waals surface area contributed by atoms with Gasteiger partial charge in [0, 0.05) is 38.3 Å². The van der Waals surface area contributed by atoms with Gasteiger partial charge in [0.2, 0.25) is 15.9 Å². The monoisotopic (exact) mass is 665 g/mol. The van der Waals surface area contributed by atoms with Crippen molar-refractivity contribution in [3.63, 3.8) is 0 Å². The molecule has 0 aromatic heterocycles. The molecule has 1 aliphatic rings. The number of hydrogen-bond acceptors (Lipinski definition) is 7. The number of carbonyl (C=O) groups is 2. The number of nitrogens with zero attached hydrogens (tertiary/aromatic N) is 2. The molecule has 1 aliphatic heterocycles. The minimum absolute atomic E-state index is 0.0849. The van der Waals surface area contributed by atoms with Crippen molar-refractivity contribution in [2.45, 2.75) is 69.6 Å². The van der Waals surface area contributed by atoms with E-state index < -0.39 is 22.2 Å². The second-order valence-electron chi connectivity index (χ2n) is 12.3. The zero-order chi connectivity index (χ0) is 34.0.